The summed E-state index contributed by atoms with van der Waals surface area (Å²) in [7, 11) is 0. The van der Waals surface area contributed by atoms with Gasteiger partial charge in [0.05, 0.1) is 0 Å². The first kappa shape index (κ1) is 12.1. The SMILES string of the molecule is O=C(c1ccccc1)C(O)C1Cc2ccccc2C1. The van der Waals surface area contributed by atoms with Crippen LogP contribution in [0.25, 0.3) is 0 Å². The molecule has 0 aromatic heterocycles. The molecule has 2 aromatic carbocycles. The molecule has 19 heavy (non-hydrogen) atoms. The Hall–Kier alpha value is -1.93. The lowest BCUT2D eigenvalue weighted by atomic mass is 9.92. The van der Waals surface area contributed by atoms with Crippen molar-refractivity contribution in [2.75, 3.05) is 0 Å². The first-order chi connectivity index (χ1) is 9.25. The fourth-order valence-corrected chi connectivity index (χ4v) is 2.80. The number of benzene rings is 2. The van der Waals surface area contributed by atoms with Gasteiger partial charge in [-0.25, -0.2) is 0 Å². The summed E-state index contributed by atoms with van der Waals surface area (Å²) >= 11 is 0. The van der Waals surface area contributed by atoms with Gasteiger partial charge in [-0.15, -0.1) is 0 Å². The third kappa shape index (κ3) is 2.32. The third-order valence-corrected chi connectivity index (χ3v) is 3.86. The van der Waals surface area contributed by atoms with Gasteiger partial charge in [0.1, 0.15) is 6.10 Å². The lowest BCUT2D eigenvalue weighted by Crippen LogP contribution is -2.30. The Kier molecular flexibility index (Phi) is 3.18. The summed E-state index contributed by atoms with van der Waals surface area (Å²) in [5.74, 6) is -0.163. The molecule has 1 atom stereocenters. The molecule has 1 N–H and O–H groups in total. The number of carbonyl (C=O) groups excluding carboxylic acids is 1. The standard InChI is InChI=1S/C17H16O2/c18-16(12-6-2-1-3-7-12)17(19)15-10-13-8-4-5-9-14(13)11-15/h1-9,15,17,19H,10-11H2. The zero-order valence-corrected chi connectivity index (χ0v) is 10.6. The van der Waals surface area contributed by atoms with Crippen LogP contribution >= 0.6 is 0 Å². The van der Waals surface area contributed by atoms with E-state index >= 15 is 0 Å². The van der Waals surface area contributed by atoms with Crippen molar-refractivity contribution in [3.63, 3.8) is 0 Å². The van der Waals surface area contributed by atoms with E-state index in [2.05, 4.69) is 12.1 Å². The Morgan fingerprint density at radius 2 is 1.47 bits per heavy atom. The van der Waals surface area contributed by atoms with Crippen LogP contribution in [0, 0.1) is 5.92 Å². The summed E-state index contributed by atoms with van der Waals surface area (Å²) in [6, 6.07) is 17.2. The number of hydrogen-bond acceptors (Lipinski definition) is 2. The first-order valence-corrected chi connectivity index (χ1v) is 6.60. The van der Waals surface area contributed by atoms with Crippen LogP contribution in [0.3, 0.4) is 0 Å². The summed E-state index contributed by atoms with van der Waals surface area (Å²) in [5, 5.41) is 10.3. The van der Waals surface area contributed by atoms with E-state index in [0.717, 1.165) is 12.8 Å². The lowest BCUT2D eigenvalue weighted by molar-refractivity contribution is 0.0615. The van der Waals surface area contributed by atoms with Gasteiger partial charge in [0.25, 0.3) is 0 Å². The Morgan fingerprint density at radius 1 is 0.947 bits per heavy atom. The zero-order valence-electron chi connectivity index (χ0n) is 10.6. The molecule has 2 aromatic rings. The van der Waals surface area contributed by atoms with Gasteiger partial charge in [-0.05, 0) is 24.0 Å². The van der Waals surface area contributed by atoms with Gasteiger partial charge in [-0.2, -0.15) is 0 Å². The molecule has 0 bridgehead atoms. The molecule has 96 valence electrons. The summed E-state index contributed by atoms with van der Waals surface area (Å²) in [6.07, 6.45) is 0.668. The topological polar surface area (TPSA) is 37.3 Å². The second kappa shape index (κ2) is 4.98. The number of ketones is 1. The highest BCUT2D eigenvalue weighted by atomic mass is 16.3. The average Bonchev–Trinajstić information content (AvgIpc) is 2.90. The van der Waals surface area contributed by atoms with E-state index in [1.165, 1.54) is 11.1 Å². The van der Waals surface area contributed by atoms with Gasteiger partial charge >= 0.3 is 0 Å². The van der Waals surface area contributed by atoms with Gasteiger partial charge in [0, 0.05) is 11.5 Å². The molecular weight excluding hydrogens is 236 g/mol. The van der Waals surface area contributed by atoms with Gasteiger partial charge < -0.3 is 5.11 Å². The largest absolute Gasteiger partial charge is 0.385 e. The number of carbonyl (C=O) groups is 1. The normalized spacial score (nSPS) is 16.1. The van der Waals surface area contributed by atoms with Crippen molar-refractivity contribution in [3.8, 4) is 0 Å². The molecule has 1 aliphatic carbocycles. The molecule has 0 spiro atoms. The van der Waals surface area contributed by atoms with Crippen molar-refractivity contribution in [2.45, 2.75) is 18.9 Å². The van der Waals surface area contributed by atoms with Gasteiger partial charge in [-0.3, -0.25) is 4.79 Å². The van der Waals surface area contributed by atoms with Crippen LogP contribution in [-0.2, 0) is 12.8 Å². The molecule has 0 heterocycles. The Bertz CT molecular complexity index is 564. The van der Waals surface area contributed by atoms with E-state index in [1.54, 1.807) is 12.1 Å². The van der Waals surface area contributed by atoms with Crippen LogP contribution < -0.4 is 0 Å². The molecule has 1 unspecified atom stereocenters. The van der Waals surface area contributed by atoms with E-state index < -0.39 is 6.10 Å². The summed E-state index contributed by atoms with van der Waals surface area (Å²) in [5.41, 5.74) is 3.10. The molecule has 3 rings (SSSR count). The highest BCUT2D eigenvalue weighted by molar-refractivity contribution is 5.99. The maximum Gasteiger partial charge on any atom is 0.191 e. The van der Waals surface area contributed by atoms with E-state index in [1.807, 2.05) is 30.3 Å². The van der Waals surface area contributed by atoms with Gasteiger partial charge in [0.2, 0.25) is 0 Å². The zero-order chi connectivity index (χ0) is 13.2. The quantitative estimate of drug-likeness (QED) is 0.853. The molecule has 0 radical (unpaired) electrons. The van der Waals surface area contributed by atoms with Crippen molar-refractivity contribution < 1.29 is 9.90 Å². The van der Waals surface area contributed by atoms with Crippen molar-refractivity contribution >= 4 is 5.78 Å². The van der Waals surface area contributed by atoms with E-state index in [-0.39, 0.29) is 11.7 Å². The molecule has 0 aliphatic heterocycles. The van der Waals surface area contributed by atoms with Crippen LogP contribution in [0.2, 0.25) is 0 Å². The number of hydrogen-bond donors (Lipinski definition) is 1. The predicted molar refractivity (Wildman–Crippen MR) is 74.1 cm³/mol. The summed E-state index contributed by atoms with van der Waals surface area (Å²) < 4.78 is 0. The highest BCUT2D eigenvalue weighted by Gasteiger charge is 2.31. The lowest BCUT2D eigenvalue weighted by Gasteiger charge is -2.16. The maximum atomic E-state index is 12.2. The minimum Gasteiger partial charge on any atom is -0.385 e. The monoisotopic (exact) mass is 252 g/mol. The Morgan fingerprint density at radius 3 is 2.05 bits per heavy atom. The van der Waals surface area contributed by atoms with Crippen molar-refractivity contribution in [2.24, 2.45) is 5.92 Å². The minimum absolute atomic E-state index is 0.00473. The first-order valence-electron chi connectivity index (χ1n) is 6.60. The second-order valence-electron chi connectivity index (χ2n) is 5.11. The maximum absolute atomic E-state index is 12.2. The molecule has 0 amide bonds. The third-order valence-electron chi connectivity index (χ3n) is 3.86. The van der Waals surface area contributed by atoms with Crippen molar-refractivity contribution in [1.29, 1.82) is 0 Å². The van der Waals surface area contributed by atoms with Gasteiger partial charge in [0.15, 0.2) is 5.78 Å². The van der Waals surface area contributed by atoms with Crippen LogP contribution in [0.1, 0.15) is 21.5 Å². The van der Waals surface area contributed by atoms with Gasteiger partial charge in [-0.1, -0.05) is 54.6 Å². The highest BCUT2D eigenvalue weighted by Crippen LogP contribution is 2.29. The fraction of sp³-hybridized carbons (Fsp3) is 0.235. The van der Waals surface area contributed by atoms with E-state index in [4.69, 9.17) is 0 Å². The molecular formula is C17H16O2. The molecule has 1 aliphatic rings. The Balaban J connectivity index is 1.77. The van der Waals surface area contributed by atoms with Crippen LogP contribution in [0.15, 0.2) is 54.6 Å². The molecule has 0 saturated heterocycles. The number of fused-ring (bicyclic) bond motifs is 1. The van der Waals surface area contributed by atoms with Crippen LogP contribution in [-0.4, -0.2) is 17.0 Å². The predicted octanol–water partition coefficient (Wildman–Crippen LogP) is 2.65. The summed E-state index contributed by atoms with van der Waals surface area (Å²) in [4.78, 5) is 12.2. The average molecular weight is 252 g/mol. The number of aliphatic hydroxyl groups is 1. The minimum atomic E-state index is -0.908. The Labute approximate surface area is 112 Å². The van der Waals surface area contributed by atoms with Crippen molar-refractivity contribution in [1.82, 2.24) is 0 Å². The molecule has 0 saturated carbocycles. The second-order valence-corrected chi connectivity index (χ2v) is 5.11. The molecule has 2 heteroatoms. The number of Topliss-reactive ketones (excluding diaryl/α,β-unsaturated/α-hetero) is 1. The number of rotatable bonds is 3. The fourth-order valence-electron chi connectivity index (χ4n) is 2.80. The molecule has 0 fully saturated rings. The van der Waals surface area contributed by atoms with E-state index in [0.29, 0.717) is 5.56 Å². The van der Waals surface area contributed by atoms with Crippen LogP contribution in [0.5, 0.6) is 0 Å². The van der Waals surface area contributed by atoms with E-state index in [9.17, 15) is 9.90 Å². The molecule has 2 nitrogen and oxygen atoms in total. The summed E-state index contributed by atoms with van der Waals surface area (Å²) in [6.45, 7) is 0. The van der Waals surface area contributed by atoms with Crippen molar-refractivity contribution in [3.05, 3.63) is 71.3 Å². The van der Waals surface area contributed by atoms with Crippen LogP contribution in [0.4, 0.5) is 0 Å². The smallest absolute Gasteiger partial charge is 0.191 e. The number of aliphatic hydroxyl groups excluding tert-OH is 1.